The van der Waals surface area contributed by atoms with Gasteiger partial charge in [-0.1, -0.05) is 18.2 Å². The van der Waals surface area contributed by atoms with E-state index in [1.54, 1.807) is 11.8 Å². The quantitative estimate of drug-likeness (QED) is 0.726. The average Bonchev–Trinajstić information content (AvgIpc) is 2.85. The van der Waals surface area contributed by atoms with Gasteiger partial charge in [0.15, 0.2) is 0 Å². The maximum Gasteiger partial charge on any atom is 0.236 e. The number of carbonyl (C=O) groups is 2. The molecule has 0 aromatic heterocycles. The van der Waals surface area contributed by atoms with Crippen LogP contribution in [0.4, 0.5) is 5.69 Å². The summed E-state index contributed by atoms with van der Waals surface area (Å²) >= 11 is 0. The summed E-state index contributed by atoms with van der Waals surface area (Å²) in [6.45, 7) is 2.72. The average molecular weight is 230 g/mol. The van der Waals surface area contributed by atoms with Gasteiger partial charge in [-0.2, -0.15) is 0 Å². The Morgan fingerprint density at radius 3 is 2.88 bits per heavy atom. The van der Waals surface area contributed by atoms with Gasteiger partial charge in [0.05, 0.1) is 5.41 Å². The Morgan fingerprint density at radius 2 is 2.18 bits per heavy atom. The smallest absolute Gasteiger partial charge is 0.236 e. The van der Waals surface area contributed by atoms with E-state index >= 15 is 0 Å². The SMILES string of the molecule is CC(=O)N1CCC2(C1)C(=O)Nc1ccccc12. The van der Waals surface area contributed by atoms with Gasteiger partial charge < -0.3 is 10.2 Å². The number of rotatable bonds is 0. The fraction of sp³-hybridized carbons (Fsp3) is 0.385. The summed E-state index contributed by atoms with van der Waals surface area (Å²) in [6.07, 6.45) is 0.718. The number of amides is 2. The zero-order valence-electron chi connectivity index (χ0n) is 9.69. The molecule has 2 aliphatic heterocycles. The predicted molar refractivity (Wildman–Crippen MR) is 63.6 cm³/mol. The minimum atomic E-state index is -0.512. The first-order valence-corrected chi connectivity index (χ1v) is 5.80. The normalized spacial score (nSPS) is 26.2. The van der Waals surface area contributed by atoms with Gasteiger partial charge in [-0.25, -0.2) is 0 Å². The molecule has 1 aromatic carbocycles. The molecular weight excluding hydrogens is 216 g/mol. The van der Waals surface area contributed by atoms with E-state index in [2.05, 4.69) is 5.32 Å². The first-order valence-electron chi connectivity index (χ1n) is 5.80. The molecule has 17 heavy (non-hydrogen) atoms. The van der Waals surface area contributed by atoms with Crippen LogP contribution in [0.15, 0.2) is 24.3 Å². The lowest BCUT2D eigenvalue weighted by atomic mass is 9.81. The zero-order chi connectivity index (χ0) is 12.0. The van der Waals surface area contributed by atoms with E-state index in [9.17, 15) is 9.59 Å². The minimum absolute atomic E-state index is 0.0300. The first-order chi connectivity index (χ1) is 8.13. The Hall–Kier alpha value is -1.84. The highest BCUT2D eigenvalue weighted by atomic mass is 16.2. The molecule has 1 atom stereocenters. The summed E-state index contributed by atoms with van der Waals surface area (Å²) in [5.41, 5.74) is 1.42. The van der Waals surface area contributed by atoms with Gasteiger partial charge in [0.25, 0.3) is 0 Å². The fourth-order valence-corrected chi connectivity index (χ4v) is 2.86. The van der Waals surface area contributed by atoms with Crippen LogP contribution >= 0.6 is 0 Å². The molecule has 0 bridgehead atoms. The standard InChI is InChI=1S/C13H14N2O2/c1-9(16)15-7-6-13(8-15)10-4-2-3-5-11(10)14-12(13)17/h2-5H,6-8H2,1H3,(H,14,17). The molecule has 88 valence electrons. The summed E-state index contributed by atoms with van der Waals surface area (Å²) < 4.78 is 0. The van der Waals surface area contributed by atoms with Gasteiger partial charge in [-0.05, 0) is 18.1 Å². The lowest BCUT2D eigenvalue weighted by Gasteiger charge is -2.21. The van der Waals surface area contributed by atoms with E-state index in [-0.39, 0.29) is 11.8 Å². The fourth-order valence-electron chi connectivity index (χ4n) is 2.86. The molecule has 1 saturated heterocycles. The van der Waals surface area contributed by atoms with Crippen LogP contribution in [0.5, 0.6) is 0 Å². The molecule has 3 rings (SSSR count). The molecule has 1 unspecified atom stereocenters. The number of para-hydroxylation sites is 1. The lowest BCUT2D eigenvalue weighted by molar-refractivity contribution is -0.128. The molecular formula is C13H14N2O2. The third-order valence-electron chi connectivity index (χ3n) is 3.84. The van der Waals surface area contributed by atoms with Gasteiger partial charge in [-0.15, -0.1) is 0 Å². The molecule has 4 nitrogen and oxygen atoms in total. The highest BCUT2D eigenvalue weighted by molar-refractivity contribution is 6.07. The summed E-state index contributed by atoms with van der Waals surface area (Å²) in [5.74, 6) is 0.0708. The number of benzene rings is 1. The summed E-state index contributed by atoms with van der Waals surface area (Å²) in [5, 5.41) is 2.91. The number of fused-ring (bicyclic) bond motifs is 2. The van der Waals surface area contributed by atoms with Gasteiger partial charge in [0.1, 0.15) is 0 Å². The zero-order valence-corrected chi connectivity index (χ0v) is 9.69. The van der Waals surface area contributed by atoms with E-state index in [4.69, 9.17) is 0 Å². The van der Waals surface area contributed by atoms with Gasteiger partial charge >= 0.3 is 0 Å². The third kappa shape index (κ3) is 1.30. The number of anilines is 1. The number of carbonyl (C=O) groups excluding carboxylic acids is 2. The number of hydrogen-bond donors (Lipinski definition) is 1. The van der Waals surface area contributed by atoms with Crippen LogP contribution in [0.3, 0.4) is 0 Å². The molecule has 1 spiro atoms. The van der Waals surface area contributed by atoms with E-state index in [1.807, 2.05) is 24.3 Å². The van der Waals surface area contributed by atoms with Crippen molar-refractivity contribution in [3.05, 3.63) is 29.8 Å². The molecule has 2 amide bonds. The molecule has 1 aromatic rings. The Labute approximate surface area is 99.6 Å². The van der Waals surface area contributed by atoms with Crippen LogP contribution in [0, 0.1) is 0 Å². The summed E-state index contributed by atoms with van der Waals surface area (Å²) in [4.78, 5) is 25.3. The number of nitrogens with one attached hydrogen (secondary N) is 1. The van der Waals surface area contributed by atoms with Crippen LogP contribution in [-0.2, 0) is 15.0 Å². The van der Waals surface area contributed by atoms with Crippen molar-refractivity contribution in [2.24, 2.45) is 0 Å². The van der Waals surface area contributed by atoms with Crippen LogP contribution in [-0.4, -0.2) is 29.8 Å². The Balaban J connectivity index is 2.04. The number of hydrogen-bond acceptors (Lipinski definition) is 2. The van der Waals surface area contributed by atoms with Crippen molar-refractivity contribution >= 4 is 17.5 Å². The largest absolute Gasteiger partial charge is 0.341 e. The molecule has 1 N–H and O–H groups in total. The van der Waals surface area contributed by atoms with Crippen LogP contribution in [0.1, 0.15) is 18.9 Å². The van der Waals surface area contributed by atoms with E-state index < -0.39 is 5.41 Å². The molecule has 2 heterocycles. The molecule has 0 radical (unpaired) electrons. The summed E-state index contributed by atoms with van der Waals surface area (Å²) in [7, 11) is 0. The molecule has 2 aliphatic rings. The maximum atomic E-state index is 12.2. The van der Waals surface area contributed by atoms with E-state index in [0.717, 1.165) is 17.7 Å². The highest BCUT2D eigenvalue weighted by Crippen LogP contribution is 2.43. The number of likely N-dealkylation sites (tertiary alicyclic amines) is 1. The Morgan fingerprint density at radius 1 is 1.41 bits per heavy atom. The minimum Gasteiger partial charge on any atom is -0.341 e. The topological polar surface area (TPSA) is 49.4 Å². The second-order valence-corrected chi connectivity index (χ2v) is 4.77. The second-order valence-electron chi connectivity index (χ2n) is 4.77. The molecule has 0 saturated carbocycles. The van der Waals surface area contributed by atoms with Gasteiger partial charge in [0.2, 0.25) is 11.8 Å². The van der Waals surface area contributed by atoms with Crippen molar-refractivity contribution in [1.82, 2.24) is 4.90 Å². The van der Waals surface area contributed by atoms with Crippen molar-refractivity contribution in [3.8, 4) is 0 Å². The van der Waals surface area contributed by atoms with Crippen LogP contribution in [0.2, 0.25) is 0 Å². The molecule has 1 fully saturated rings. The van der Waals surface area contributed by atoms with E-state index in [1.165, 1.54) is 0 Å². The highest BCUT2D eigenvalue weighted by Gasteiger charge is 2.51. The molecule has 4 heteroatoms. The Kier molecular flexibility index (Phi) is 2.02. The molecule has 0 aliphatic carbocycles. The Bertz CT molecular complexity index is 512. The van der Waals surface area contributed by atoms with Crippen molar-refractivity contribution in [2.75, 3.05) is 18.4 Å². The van der Waals surface area contributed by atoms with Gasteiger partial charge in [0, 0.05) is 25.7 Å². The monoisotopic (exact) mass is 230 g/mol. The van der Waals surface area contributed by atoms with E-state index in [0.29, 0.717) is 13.1 Å². The third-order valence-corrected chi connectivity index (χ3v) is 3.84. The van der Waals surface area contributed by atoms with Crippen LogP contribution in [0.25, 0.3) is 0 Å². The maximum absolute atomic E-state index is 12.2. The van der Waals surface area contributed by atoms with Crippen LogP contribution < -0.4 is 5.32 Å². The predicted octanol–water partition coefficient (Wildman–Crippen LogP) is 1.13. The first kappa shape index (κ1) is 10.3. The van der Waals surface area contributed by atoms with Crippen molar-refractivity contribution in [1.29, 1.82) is 0 Å². The van der Waals surface area contributed by atoms with Crippen molar-refractivity contribution < 1.29 is 9.59 Å². The second kappa shape index (κ2) is 3.32. The van der Waals surface area contributed by atoms with Crippen molar-refractivity contribution in [3.63, 3.8) is 0 Å². The lowest BCUT2D eigenvalue weighted by Crippen LogP contribution is -2.38. The van der Waals surface area contributed by atoms with Crippen molar-refractivity contribution in [2.45, 2.75) is 18.8 Å². The summed E-state index contributed by atoms with van der Waals surface area (Å²) in [6, 6.07) is 7.75. The number of nitrogens with zero attached hydrogens (tertiary/aromatic N) is 1. The van der Waals surface area contributed by atoms with Gasteiger partial charge in [-0.3, -0.25) is 9.59 Å².